The van der Waals surface area contributed by atoms with E-state index >= 15 is 0 Å². The van der Waals surface area contributed by atoms with Gasteiger partial charge >= 0.3 is 5.00 Å². The zero-order valence-corrected chi connectivity index (χ0v) is 8.43. The molecule has 0 saturated carbocycles. The first kappa shape index (κ1) is 9.23. The van der Waals surface area contributed by atoms with Gasteiger partial charge in [-0.3, -0.25) is 10.1 Å². The van der Waals surface area contributed by atoms with Gasteiger partial charge in [0.05, 0.1) is 4.92 Å². The number of thiophene rings is 1. The first-order chi connectivity index (χ1) is 6.59. The zero-order valence-electron chi connectivity index (χ0n) is 6.86. The maximum absolute atomic E-state index is 10.6. The molecule has 2 aromatic rings. The molecule has 0 amide bonds. The molecule has 2 N–H and O–H groups in total. The minimum atomic E-state index is -0.483. The first-order valence-electron chi connectivity index (χ1n) is 3.71. The van der Waals surface area contributed by atoms with Gasteiger partial charge in [0, 0.05) is 15.8 Å². The van der Waals surface area contributed by atoms with Crippen molar-refractivity contribution >= 4 is 43.7 Å². The maximum Gasteiger partial charge on any atom is 0.343 e. The minimum Gasteiger partial charge on any atom is -0.399 e. The molecule has 0 spiro atoms. The average Bonchev–Trinajstić information content (AvgIpc) is 2.44. The lowest BCUT2D eigenvalue weighted by molar-refractivity contribution is -0.379. The summed E-state index contributed by atoms with van der Waals surface area (Å²) in [5, 5.41) is 11.4. The second-order valence-corrected chi connectivity index (χ2v) is 4.14. The number of halogens is 1. The van der Waals surface area contributed by atoms with E-state index < -0.39 is 4.92 Å². The quantitative estimate of drug-likeness (QED) is 0.463. The SMILES string of the molecule is Nc1ccc2sc([N+](=O)[O-])c(Cl)c2c1. The summed E-state index contributed by atoms with van der Waals surface area (Å²) < 4.78 is 0.774. The Hall–Kier alpha value is -1.33. The van der Waals surface area contributed by atoms with Crippen molar-refractivity contribution in [3.05, 3.63) is 33.3 Å². The number of hydrogen-bond acceptors (Lipinski definition) is 4. The van der Waals surface area contributed by atoms with Gasteiger partial charge in [-0.15, -0.1) is 0 Å². The molecule has 2 rings (SSSR count). The van der Waals surface area contributed by atoms with Gasteiger partial charge in [0.15, 0.2) is 0 Å². The number of nitro groups is 1. The van der Waals surface area contributed by atoms with Crippen molar-refractivity contribution in [2.75, 3.05) is 5.73 Å². The van der Waals surface area contributed by atoms with Crippen molar-refractivity contribution in [1.29, 1.82) is 0 Å². The van der Waals surface area contributed by atoms with Gasteiger partial charge in [0.25, 0.3) is 0 Å². The molecule has 6 heteroatoms. The fourth-order valence-corrected chi connectivity index (χ4v) is 2.48. The number of anilines is 1. The normalized spacial score (nSPS) is 10.6. The summed E-state index contributed by atoms with van der Waals surface area (Å²) in [7, 11) is 0. The van der Waals surface area contributed by atoms with Crippen molar-refractivity contribution in [2.45, 2.75) is 0 Å². The van der Waals surface area contributed by atoms with E-state index in [1.807, 2.05) is 0 Å². The fraction of sp³-hybridized carbons (Fsp3) is 0. The number of rotatable bonds is 1. The predicted molar refractivity (Wildman–Crippen MR) is 57.9 cm³/mol. The molecule has 0 atom stereocenters. The second kappa shape index (κ2) is 3.11. The van der Waals surface area contributed by atoms with E-state index in [2.05, 4.69) is 0 Å². The van der Waals surface area contributed by atoms with E-state index in [9.17, 15) is 10.1 Å². The van der Waals surface area contributed by atoms with Crippen LogP contribution in [-0.4, -0.2) is 4.92 Å². The van der Waals surface area contributed by atoms with Crippen molar-refractivity contribution in [1.82, 2.24) is 0 Å². The van der Waals surface area contributed by atoms with Gasteiger partial charge in [-0.2, -0.15) is 0 Å². The van der Waals surface area contributed by atoms with Crippen molar-refractivity contribution < 1.29 is 4.92 Å². The Morgan fingerprint density at radius 1 is 1.50 bits per heavy atom. The van der Waals surface area contributed by atoms with Gasteiger partial charge < -0.3 is 5.73 Å². The maximum atomic E-state index is 10.6. The van der Waals surface area contributed by atoms with Gasteiger partial charge in [0.1, 0.15) is 5.02 Å². The van der Waals surface area contributed by atoms with Gasteiger partial charge in [-0.1, -0.05) is 22.9 Å². The minimum absolute atomic E-state index is 0.0349. The number of benzene rings is 1. The molecule has 0 aliphatic carbocycles. The zero-order chi connectivity index (χ0) is 10.3. The fourth-order valence-electron chi connectivity index (χ4n) is 1.19. The van der Waals surface area contributed by atoms with Crippen LogP contribution >= 0.6 is 22.9 Å². The number of nitrogens with zero attached hydrogens (tertiary/aromatic N) is 1. The van der Waals surface area contributed by atoms with Gasteiger partial charge in [-0.05, 0) is 18.2 Å². The van der Waals surface area contributed by atoms with Crippen LogP contribution in [0.3, 0.4) is 0 Å². The molecule has 0 aliphatic rings. The van der Waals surface area contributed by atoms with Crippen LogP contribution in [0.15, 0.2) is 18.2 Å². The molecule has 0 radical (unpaired) electrons. The largest absolute Gasteiger partial charge is 0.399 e. The molecular weight excluding hydrogens is 224 g/mol. The third-order valence-corrected chi connectivity index (χ3v) is 3.42. The number of nitrogen functional groups attached to an aromatic ring is 1. The molecule has 1 heterocycles. The summed E-state index contributed by atoms with van der Waals surface area (Å²) in [6.45, 7) is 0. The molecule has 0 bridgehead atoms. The molecule has 14 heavy (non-hydrogen) atoms. The van der Waals surface area contributed by atoms with E-state index in [0.29, 0.717) is 11.1 Å². The number of hydrogen-bond donors (Lipinski definition) is 1. The summed E-state index contributed by atoms with van der Waals surface area (Å²) >= 11 is 6.89. The highest BCUT2D eigenvalue weighted by atomic mass is 35.5. The summed E-state index contributed by atoms with van der Waals surface area (Å²) in [5.41, 5.74) is 6.10. The number of fused-ring (bicyclic) bond motifs is 1. The Balaban J connectivity index is 2.80. The Labute approximate surface area is 88.0 Å². The average molecular weight is 229 g/mol. The Kier molecular flexibility index (Phi) is 2.05. The Morgan fingerprint density at radius 2 is 2.21 bits per heavy atom. The molecular formula is C8H5ClN2O2S. The first-order valence-corrected chi connectivity index (χ1v) is 4.91. The predicted octanol–water partition coefficient (Wildman–Crippen LogP) is 3.05. The van der Waals surface area contributed by atoms with Crippen LogP contribution in [0.5, 0.6) is 0 Å². The topological polar surface area (TPSA) is 69.2 Å². The lowest BCUT2D eigenvalue weighted by Gasteiger charge is -1.91. The lowest BCUT2D eigenvalue weighted by atomic mass is 10.2. The van der Waals surface area contributed by atoms with E-state index in [0.717, 1.165) is 16.0 Å². The van der Waals surface area contributed by atoms with Gasteiger partial charge in [-0.25, -0.2) is 0 Å². The molecule has 1 aromatic carbocycles. The van der Waals surface area contributed by atoms with E-state index in [-0.39, 0.29) is 10.0 Å². The summed E-state index contributed by atoms with van der Waals surface area (Å²) in [4.78, 5) is 10.1. The van der Waals surface area contributed by atoms with Gasteiger partial charge in [0.2, 0.25) is 0 Å². The summed E-state index contributed by atoms with van der Waals surface area (Å²) in [6.07, 6.45) is 0. The van der Waals surface area contributed by atoms with Crippen LogP contribution in [0.25, 0.3) is 10.1 Å². The smallest absolute Gasteiger partial charge is 0.343 e. The molecule has 4 nitrogen and oxygen atoms in total. The standard InChI is InChI=1S/C8H5ClN2O2S/c9-7-5-3-4(10)1-2-6(5)14-8(7)11(12)13/h1-3H,10H2. The second-order valence-electron chi connectivity index (χ2n) is 2.73. The molecule has 72 valence electrons. The molecule has 0 aliphatic heterocycles. The molecule has 0 fully saturated rings. The highest BCUT2D eigenvalue weighted by molar-refractivity contribution is 7.23. The molecule has 1 aromatic heterocycles. The van der Waals surface area contributed by atoms with Crippen LogP contribution in [0.1, 0.15) is 0 Å². The van der Waals surface area contributed by atoms with Crippen LogP contribution in [-0.2, 0) is 0 Å². The van der Waals surface area contributed by atoms with Crippen LogP contribution in [0, 0.1) is 10.1 Å². The van der Waals surface area contributed by atoms with E-state index in [1.54, 1.807) is 18.2 Å². The summed E-state index contributed by atoms with van der Waals surface area (Å²) in [5.74, 6) is 0. The van der Waals surface area contributed by atoms with Crippen LogP contribution in [0.4, 0.5) is 10.7 Å². The third kappa shape index (κ3) is 1.30. The third-order valence-electron chi connectivity index (χ3n) is 1.80. The van der Waals surface area contributed by atoms with Crippen LogP contribution < -0.4 is 5.73 Å². The Bertz CT molecular complexity index is 523. The van der Waals surface area contributed by atoms with Crippen molar-refractivity contribution in [3.8, 4) is 0 Å². The highest BCUT2D eigenvalue weighted by Gasteiger charge is 2.19. The highest BCUT2D eigenvalue weighted by Crippen LogP contribution is 2.41. The van der Waals surface area contributed by atoms with E-state index in [4.69, 9.17) is 17.3 Å². The monoisotopic (exact) mass is 228 g/mol. The van der Waals surface area contributed by atoms with Crippen molar-refractivity contribution in [3.63, 3.8) is 0 Å². The molecule has 0 unspecified atom stereocenters. The number of nitrogens with two attached hydrogens (primary N) is 1. The van der Waals surface area contributed by atoms with Crippen LogP contribution in [0.2, 0.25) is 5.02 Å². The Morgan fingerprint density at radius 3 is 2.86 bits per heavy atom. The van der Waals surface area contributed by atoms with Crippen molar-refractivity contribution in [2.24, 2.45) is 0 Å². The molecule has 0 saturated heterocycles. The van der Waals surface area contributed by atoms with E-state index in [1.165, 1.54) is 0 Å². The summed E-state index contributed by atoms with van der Waals surface area (Å²) in [6, 6.07) is 5.06. The lowest BCUT2D eigenvalue weighted by Crippen LogP contribution is -1.83.